The fourth-order valence-electron chi connectivity index (χ4n) is 0.518. The zero-order valence-corrected chi connectivity index (χ0v) is 6.87. The fraction of sp³-hybridized carbons (Fsp3) is 0.600. The molecule has 0 aliphatic rings. The van der Waals surface area contributed by atoms with E-state index < -0.39 is 9.20 Å². The van der Waals surface area contributed by atoms with Crippen molar-refractivity contribution in [3.8, 4) is 0 Å². The normalized spacial score (nSPS) is 14.0. The van der Waals surface area contributed by atoms with Gasteiger partial charge in [-0.15, -0.1) is 6.58 Å². The monoisotopic (exact) mass is 131 g/mol. The van der Waals surface area contributed by atoms with Gasteiger partial charge >= 0.3 is 0 Å². The summed E-state index contributed by atoms with van der Waals surface area (Å²) in [5, 5.41) is 0. The van der Waals surface area contributed by atoms with Crippen LogP contribution in [0.2, 0.25) is 0 Å². The van der Waals surface area contributed by atoms with Crippen molar-refractivity contribution in [2.24, 2.45) is 0 Å². The summed E-state index contributed by atoms with van der Waals surface area (Å²) in [7, 11) is 4.56. The molecule has 0 spiro atoms. The van der Waals surface area contributed by atoms with Gasteiger partial charge in [0, 0.05) is 7.11 Å². The highest BCUT2D eigenvalue weighted by atomic mass is 28.3. The maximum Gasteiger partial charge on any atom is 0.279 e. The van der Waals surface area contributed by atoms with E-state index >= 15 is 0 Å². The quantitative estimate of drug-likeness (QED) is 0.505. The van der Waals surface area contributed by atoms with Crippen LogP contribution in [0.15, 0.2) is 12.3 Å². The summed E-state index contributed by atoms with van der Waals surface area (Å²) in [5.41, 5.74) is 1.89. The van der Waals surface area contributed by atoms with Crippen LogP contribution in [-0.4, -0.2) is 35.0 Å². The Hall–Kier alpha value is -0.123. The van der Waals surface area contributed by atoms with Crippen LogP contribution in [0, 0.1) is 0 Å². The van der Waals surface area contributed by atoms with Crippen LogP contribution in [0.1, 0.15) is 0 Å². The molecule has 0 aromatic rings. The van der Waals surface area contributed by atoms with Gasteiger partial charge in [-0.25, -0.2) is 0 Å². The van der Waals surface area contributed by atoms with Gasteiger partial charge < -0.3 is 8.99 Å². The molecular weight excluding hydrogens is 118 g/mol. The predicted octanol–water partition coefficient (Wildman–Crippen LogP) is 0.140. The SMILES string of the molecule is C=C[SiH](OC)N(C)C. The molecule has 0 aromatic heterocycles. The second-order valence-electron chi connectivity index (χ2n) is 1.83. The average Bonchev–Trinajstić information content (AvgIpc) is 1.69. The number of hydrogen-bond donors (Lipinski definition) is 0. The van der Waals surface area contributed by atoms with Crippen molar-refractivity contribution < 1.29 is 4.43 Å². The van der Waals surface area contributed by atoms with E-state index in [0.717, 1.165) is 0 Å². The molecule has 0 saturated heterocycles. The van der Waals surface area contributed by atoms with Crippen LogP contribution in [0.25, 0.3) is 0 Å². The first kappa shape index (κ1) is 7.88. The standard InChI is InChI=1S/C5H13NOSi/c1-5-8(7-4)6(2)3/h5,8H,1H2,2-4H3. The molecule has 0 saturated carbocycles. The Morgan fingerprint density at radius 3 is 2.12 bits per heavy atom. The lowest BCUT2D eigenvalue weighted by atomic mass is 11.2. The summed E-state index contributed by atoms with van der Waals surface area (Å²) in [6, 6.07) is 0. The minimum absolute atomic E-state index is 1.17. The van der Waals surface area contributed by atoms with Crippen LogP contribution in [-0.2, 0) is 4.43 Å². The van der Waals surface area contributed by atoms with Crippen LogP contribution >= 0.6 is 0 Å². The van der Waals surface area contributed by atoms with E-state index in [-0.39, 0.29) is 0 Å². The third kappa shape index (κ3) is 2.25. The lowest BCUT2D eigenvalue weighted by Crippen LogP contribution is -2.32. The average molecular weight is 131 g/mol. The van der Waals surface area contributed by atoms with Crippen LogP contribution in [0.4, 0.5) is 0 Å². The molecule has 0 radical (unpaired) electrons. The number of nitrogens with zero attached hydrogens (tertiary/aromatic N) is 1. The number of rotatable bonds is 3. The second-order valence-corrected chi connectivity index (χ2v) is 4.58. The van der Waals surface area contributed by atoms with Crippen molar-refractivity contribution in [2.45, 2.75) is 0 Å². The summed E-state index contributed by atoms with van der Waals surface area (Å²) >= 11 is 0. The Kier molecular flexibility index (Phi) is 3.77. The molecule has 0 rings (SSSR count). The van der Waals surface area contributed by atoms with Gasteiger partial charge in [-0.05, 0) is 14.1 Å². The van der Waals surface area contributed by atoms with E-state index in [1.165, 1.54) is 0 Å². The van der Waals surface area contributed by atoms with Crippen molar-refractivity contribution in [2.75, 3.05) is 21.2 Å². The molecule has 48 valence electrons. The Balaban J connectivity index is 3.51. The van der Waals surface area contributed by atoms with E-state index in [2.05, 4.69) is 11.1 Å². The van der Waals surface area contributed by atoms with Crippen LogP contribution < -0.4 is 0 Å². The molecule has 0 aliphatic carbocycles. The first-order chi connectivity index (χ1) is 3.72. The smallest absolute Gasteiger partial charge is 0.279 e. The van der Waals surface area contributed by atoms with E-state index in [1.54, 1.807) is 7.11 Å². The van der Waals surface area contributed by atoms with Crippen molar-refractivity contribution >= 4 is 9.20 Å². The van der Waals surface area contributed by atoms with E-state index in [1.807, 2.05) is 19.8 Å². The molecule has 0 aliphatic heterocycles. The molecule has 3 heteroatoms. The third-order valence-corrected chi connectivity index (χ3v) is 2.86. The molecule has 0 N–H and O–H groups in total. The maximum absolute atomic E-state index is 5.11. The number of hydrogen-bond acceptors (Lipinski definition) is 2. The van der Waals surface area contributed by atoms with Gasteiger partial charge in [-0.2, -0.15) is 0 Å². The van der Waals surface area contributed by atoms with Crippen LogP contribution in [0.3, 0.4) is 0 Å². The lowest BCUT2D eigenvalue weighted by molar-refractivity contribution is 0.375. The molecule has 1 atom stereocenters. The minimum Gasteiger partial charge on any atom is -0.406 e. The first-order valence-electron chi connectivity index (χ1n) is 2.54. The lowest BCUT2D eigenvalue weighted by Gasteiger charge is -2.15. The minimum atomic E-state index is -1.17. The van der Waals surface area contributed by atoms with Gasteiger partial charge in [0.25, 0.3) is 9.20 Å². The predicted molar refractivity (Wildman–Crippen MR) is 38.0 cm³/mol. The summed E-state index contributed by atoms with van der Waals surface area (Å²) < 4.78 is 7.18. The molecule has 0 amide bonds. The Bertz CT molecular complexity index is 74.8. The molecule has 0 aromatic carbocycles. The van der Waals surface area contributed by atoms with E-state index in [4.69, 9.17) is 4.43 Å². The molecule has 0 heterocycles. The highest BCUT2D eigenvalue weighted by Gasteiger charge is 2.05. The van der Waals surface area contributed by atoms with Gasteiger partial charge in [0.15, 0.2) is 0 Å². The Morgan fingerprint density at radius 1 is 1.62 bits per heavy atom. The zero-order valence-electron chi connectivity index (χ0n) is 5.72. The zero-order chi connectivity index (χ0) is 6.57. The van der Waals surface area contributed by atoms with Crippen LogP contribution in [0.5, 0.6) is 0 Å². The molecule has 2 nitrogen and oxygen atoms in total. The highest BCUT2D eigenvalue weighted by Crippen LogP contribution is 1.86. The second kappa shape index (κ2) is 3.83. The van der Waals surface area contributed by atoms with Gasteiger partial charge in [0.2, 0.25) is 0 Å². The molecule has 1 unspecified atom stereocenters. The largest absolute Gasteiger partial charge is 0.406 e. The summed E-state index contributed by atoms with van der Waals surface area (Å²) in [5.74, 6) is 0. The van der Waals surface area contributed by atoms with E-state index in [0.29, 0.717) is 0 Å². The van der Waals surface area contributed by atoms with E-state index in [9.17, 15) is 0 Å². The summed E-state index contributed by atoms with van der Waals surface area (Å²) in [4.78, 5) is 0. The van der Waals surface area contributed by atoms with Gasteiger partial charge in [0.05, 0.1) is 0 Å². The molecule has 8 heavy (non-hydrogen) atoms. The fourth-order valence-corrected chi connectivity index (χ4v) is 1.55. The van der Waals surface area contributed by atoms with Crippen molar-refractivity contribution in [1.29, 1.82) is 0 Å². The van der Waals surface area contributed by atoms with Crippen molar-refractivity contribution in [3.63, 3.8) is 0 Å². The summed E-state index contributed by atoms with van der Waals surface area (Å²) in [6.45, 7) is 3.65. The highest BCUT2D eigenvalue weighted by molar-refractivity contribution is 6.54. The maximum atomic E-state index is 5.11. The Labute approximate surface area is 52.6 Å². The Morgan fingerprint density at radius 2 is 2.12 bits per heavy atom. The molecular formula is C5H13NOSi. The molecule has 0 bridgehead atoms. The topological polar surface area (TPSA) is 12.5 Å². The van der Waals surface area contributed by atoms with Crippen molar-refractivity contribution in [1.82, 2.24) is 4.57 Å². The van der Waals surface area contributed by atoms with Gasteiger partial charge in [-0.3, -0.25) is 0 Å². The van der Waals surface area contributed by atoms with Gasteiger partial charge in [-0.1, -0.05) is 5.70 Å². The summed E-state index contributed by atoms with van der Waals surface area (Å²) in [6.07, 6.45) is 0. The van der Waals surface area contributed by atoms with Crippen molar-refractivity contribution in [3.05, 3.63) is 12.3 Å². The first-order valence-corrected chi connectivity index (χ1v) is 4.19. The third-order valence-electron chi connectivity index (χ3n) is 0.952. The van der Waals surface area contributed by atoms with Gasteiger partial charge in [0.1, 0.15) is 0 Å². The molecule has 0 fully saturated rings.